The Labute approximate surface area is 94.8 Å². The third-order valence-corrected chi connectivity index (χ3v) is 3.98. The zero-order valence-corrected chi connectivity index (χ0v) is 10.8. The van der Waals surface area contributed by atoms with E-state index < -0.39 is 0 Å². The van der Waals surface area contributed by atoms with Crippen LogP contribution in [0.4, 0.5) is 0 Å². The molecule has 1 fully saturated rings. The van der Waals surface area contributed by atoms with Gasteiger partial charge in [0.15, 0.2) is 0 Å². The molecule has 0 radical (unpaired) electrons. The van der Waals surface area contributed by atoms with E-state index in [0.29, 0.717) is 18.2 Å². The van der Waals surface area contributed by atoms with Crippen molar-refractivity contribution in [3.05, 3.63) is 0 Å². The van der Waals surface area contributed by atoms with Crippen molar-refractivity contribution in [2.24, 2.45) is 5.92 Å². The molecule has 15 heavy (non-hydrogen) atoms. The van der Waals surface area contributed by atoms with Crippen molar-refractivity contribution in [1.29, 1.82) is 0 Å². The van der Waals surface area contributed by atoms with Crippen LogP contribution in [-0.4, -0.2) is 25.3 Å². The molecule has 0 aromatic carbocycles. The van der Waals surface area contributed by atoms with Crippen LogP contribution in [-0.2, 0) is 4.74 Å². The minimum absolute atomic E-state index is 0.435. The van der Waals surface area contributed by atoms with Gasteiger partial charge in [0, 0.05) is 19.2 Å². The number of hydrogen-bond acceptors (Lipinski definition) is 2. The number of ether oxygens (including phenoxy) is 1. The quantitative estimate of drug-likeness (QED) is 0.758. The summed E-state index contributed by atoms with van der Waals surface area (Å²) < 4.78 is 5.56. The van der Waals surface area contributed by atoms with Gasteiger partial charge >= 0.3 is 0 Å². The molecule has 90 valence electrons. The molecule has 4 atom stereocenters. The Balaban J connectivity index is 2.40. The average Bonchev–Trinajstić information content (AvgIpc) is 2.28. The smallest absolute Gasteiger partial charge is 0.0724 e. The summed E-state index contributed by atoms with van der Waals surface area (Å²) in [4.78, 5) is 0. The first-order valence-corrected chi connectivity index (χ1v) is 6.47. The van der Waals surface area contributed by atoms with Crippen molar-refractivity contribution < 1.29 is 4.74 Å². The van der Waals surface area contributed by atoms with Crippen LogP contribution in [0.1, 0.15) is 52.9 Å². The molecular formula is C13H27NO. The first-order valence-electron chi connectivity index (χ1n) is 6.47. The molecule has 0 heterocycles. The summed E-state index contributed by atoms with van der Waals surface area (Å²) >= 11 is 0. The van der Waals surface area contributed by atoms with Crippen LogP contribution in [0.15, 0.2) is 0 Å². The second-order valence-electron chi connectivity index (χ2n) is 5.01. The summed E-state index contributed by atoms with van der Waals surface area (Å²) in [6.45, 7) is 6.88. The number of rotatable bonds is 5. The predicted octanol–water partition coefficient (Wildman–Crippen LogP) is 2.97. The number of hydrogen-bond donors (Lipinski definition) is 1. The van der Waals surface area contributed by atoms with E-state index in [-0.39, 0.29) is 0 Å². The van der Waals surface area contributed by atoms with Gasteiger partial charge in [-0.3, -0.25) is 0 Å². The molecule has 0 aromatic rings. The van der Waals surface area contributed by atoms with E-state index in [1.54, 1.807) is 0 Å². The first kappa shape index (κ1) is 13.0. The molecule has 4 unspecified atom stereocenters. The van der Waals surface area contributed by atoms with E-state index in [1.807, 2.05) is 7.11 Å². The lowest BCUT2D eigenvalue weighted by atomic mass is 9.90. The number of methoxy groups -OCH3 is 1. The monoisotopic (exact) mass is 213 g/mol. The Bertz CT molecular complexity index is 172. The van der Waals surface area contributed by atoms with Crippen LogP contribution in [0, 0.1) is 5.92 Å². The third kappa shape index (κ3) is 3.76. The van der Waals surface area contributed by atoms with Gasteiger partial charge in [0.2, 0.25) is 0 Å². The van der Waals surface area contributed by atoms with E-state index >= 15 is 0 Å². The minimum Gasteiger partial charge on any atom is -0.380 e. The molecule has 2 heteroatoms. The molecule has 1 saturated carbocycles. The van der Waals surface area contributed by atoms with Gasteiger partial charge in [-0.05, 0) is 25.7 Å². The molecule has 0 saturated heterocycles. The second-order valence-corrected chi connectivity index (χ2v) is 5.01. The third-order valence-electron chi connectivity index (χ3n) is 3.98. The average molecular weight is 213 g/mol. The maximum absolute atomic E-state index is 5.56. The highest BCUT2D eigenvalue weighted by Crippen LogP contribution is 2.22. The standard InChI is InChI=1S/C13H27NO/c1-5-10(2)11(3)14-12-8-6-7-9-13(12)15-4/h10-14H,5-9H2,1-4H3. The van der Waals surface area contributed by atoms with Crippen LogP contribution in [0.5, 0.6) is 0 Å². The van der Waals surface area contributed by atoms with E-state index in [1.165, 1.54) is 32.1 Å². The molecule has 1 N–H and O–H groups in total. The summed E-state index contributed by atoms with van der Waals surface area (Å²) in [6.07, 6.45) is 6.86. The van der Waals surface area contributed by atoms with E-state index in [2.05, 4.69) is 26.1 Å². The lowest BCUT2D eigenvalue weighted by Crippen LogP contribution is -2.48. The van der Waals surface area contributed by atoms with Crippen molar-refractivity contribution in [2.45, 2.75) is 71.1 Å². The fourth-order valence-corrected chi connectivity index (χ4v) is 2.43. The molecule has 2 nitrogen and oxygen atoms in total. The van der Waals surface area contributed by atoms with Gasteiger partial charge in [-0.2, -0.15) is 0 Å². The molecule has 0 aliphatic heterocycles. The van der Waals surface area contributed by atoms with E-state index in [9.17, 15) is 0 Å². The maximum atomic E-state index is 5.56. The predicted molar refractivity (Wildman–Crippen MR) is 65.1 cm³/mol. The summed E-state index contributed by atoms with van der Waals surface area (Å²) in [5.41, 5.74) is 0. The lowest BCUT2D eigenvalue weighted by Gasteiger charge is -2.35. The highest BCUT2D eigenvalue weighted by Gasteiger charge is 2.26. The van der Waals surface area contributed by atoms with E-state index in [4.69, 9.17) is 4.74 Å². The molecule has 1 rings (SSSR count). The highest BCUT2D eigenvalue weighted by atomic mass is 16.5. The molecule has 0 spiro atoms. The molecule has 0 bridgehead atoms. The minimum atomic E-state index is 0.435. The largest absolute Gasteiger partial charge is 0.380 e. The van der Waals surface area contributed by atoms with Gasteiger partial charge in [-0.25, -0.2) is 0 Å². The van der Waals surface area contributed by atoms with Crippen LogP contribution >= 0.6 is 0 Å². The van der Waals surface area contributed by atoms with Crippen LogP contribution < -0.4 is 5.32 Å². The van der Waals surface area contributed by atoms with Crippen LogP contribution in [0.25, 0.3) is 0 Å². The maximum Gasteiger partial charge on any atom is 0.0724 e. The van der Waals surface area contributed by atoms with E-state index in [0.717, 1.165) is 5.92 Å². The highest BCUT2D eigenvalue weighted by molar-refractivity contribution is 4.84. The van der Waals surface area contributed by atoms with Gasteiger partial charge in [-0.1, -0.05) is 33.1 Å². The summed E-state index contributed by atoms with van der Waals surface area (Å²) in [5.74, 6) is 0.754. The Morgan fingerprint density at radius 3 is 2.53 bits per heavy atom. The molecular weight excluding hydrogens is 186 g/mol. The zero-order valence-electron chi connectivity index (χ0n) is 10.8. The number of nitrogens with one attached hydrogen (secondary N) is 1. The van der Waals surface area contributed by atoms with Crippen LogP contribution in [0.2, 0.25) is 0 Å². The summed E-state index contributed by atoms with van der Waals surface area (Å²) in [7, 11) is 1.85. The molecule has 1 aliphatic rings. The first-order chi connectivity index (χ1) is 7.19. The van der Waals surface area contributed by atoms with Crippen molar-refractivity contribution in [1.82, 2.24) is 5.32 Å². The van der Waals surface area contributed by atoms with Crippen LogP contribution in [0.3, 0.4) is 0 Å². The van der Waals surface area contributed by atoms with Gasteiger partial charge in [-0.15, -0.1) is 0 Å². The van der Waals surface area contributed by atoms with Crippen molar-refractivity contribution in [3.63, 3.8) is 0 Å². The Morgan fingerprint density at radius 2 is 1.93 bits per heavy atom. The Hall–Kier alpha value is -0.0800. The van der Waals surface area contributed by atoms with Crippen molar-refractivity contribution in [2.75, 3.05) is 7.11 Å². The Morgan fingerprint density at radius 1 is 1.27 bits per heavy atom. The fraction of sp³-hybridized carbons (Fsp3) is 1.00. The lowest BCUT2D eigenvalue weighted by molar-refractivity contribution is 0.0359. The SMILES string of the molecule is CCC(C)C(C)NC1CCCCC1OC. The fourth-order valence-electron chi connectivity index (χ4n) is 2.43. The van der Waals surface area contributed by atoms with Gasteiger partial charge in [0.05, 0.1) is 6.10 Å². The molecule has 0 amide bonds. The Kier molecular flexibility index (Phi) is 5.62. The topological polar surface area (TPSA) is 21.3 Å². The van der Waals surface area contributed by atoms with Gasteiger partial charge in [0.1, 0.15) is 0 Å². The van der Waals surface area contributed by atoms with Gasteiger partial charge in [0.25, 0.3) is 0 Å². The zero-order chi connectivity index (χ0) is 11.3. The molecule has 0 aromatic heterocycles. The molecule has 1 aliphatic carbocycles. The normalized spacial score (nSPS) is 31.2. The van der Waals surface area contributed by atoms with Gasteiger partial charge < -0.3 is 10.1 Å². The second kappa shape index (κ2) is 6.49. The van der Waals surface area contributed by atoms with Crippen molar-refractivity contribution >= 4 is 0 Å². The van der Waals surface area contributed by atoms with Crippen molar-refractivity contribution in [3.8, 4) is 0 Å². The summed E-state index contributed by atoms with van der Waals surface area (Å²) in [6, 6.07) is 1.18. The summed E-state index contributed by atoms with van der Waals surface area (Å²) in [5, 5.41) is 3.75.